The van der Waals surface area contributed by atoms with Gasteiger partial charge in [0.2, 0.25) is 0 Å². The number of rotatable bonds is 3. The van der Waals surface area contributed by atoms with Gasteiger partial charge in [0.05, 0.1) is 0 Å². The molecule has 0 aliphatic heterocycles. The van der Waals surface area contributed by atoms with Crippen LogP contribution in [0.3, 0.4) is 0 Å². The van der Waals surface area contributed by atoms with E-state index < -0.39 is 11.5 Å². The summed E-state index contributed by atoms with van der Waals surface area (Å²) < 4.78 is 0. The lowest BCUT2D eigenvalue weighted by Gasteiger charge is -2.26. The molecule has 0 aromatic carbocycles. The van der Waals surface area contributed by atoms with Gasteiger partial charge >= 0.3 is 5.97 Å². The van der Waals surface area contributed by atoms with Crippen molar-refractivity contribution in [2.24, 2.45) is 10.9 Å². The van der Waals surface area contributed by atoms with Crippen LogP contribution in [0.5, 0.6) is 0 Å². The molecule has 3 heteroatoms. The predicted molar refractivity (Wildman–Crippen MR) is 47.5 cm³/mol. The minimum absolute atomic E-state index is 0.187. The summed E-state index contributed by atoms with van der Waals surface area (Å²) in [5.74, 6) is -0.656. The van der Waals surface area contributed by atoms with E-state index in [1.54, 1.807) is 6.92 Å². The Morgan fingerprint density at radius 2 is 2.08 bits per heavy atom. The highest BCUT2D eigenvalue weighted by molar-refractivity contribution is 5.79. The summed E-state index contributed by atoms with van der Waals surface area (Å²) in [4.78, 5) is 14.7. The Hall–Kier alpha value is -0.860. The van der Waals surface area contributed by atoms with Crippen molar-refractivity contribution in [2.45, 2.75) is 38.1 Å². The van der Waals surface area contributed by atoms with Crippen LogP contribution in [-0.2, 0) is 4.79 Å². The minimum Gasteiger partial charge on any atom is -0.479 e. The van der Waals surface area contributed by atoms with Gasteiger partial charge in [0.15, 0.2) is 5.54 Å². The Balaban J connectivity index is 2.77. The molecule has 1 rings (SSSR count). The van der Waals surface area contributed by atoms with Crippen molar-refractivity contribution in [2.75, 3.05) is 0 Å². The maximum absolute atomic E-state index is 10.9. The molecule has 0 heterocycles. The number of carbonyl (C=O) groups is 1. The monoisotopic (exact) mass is 169 g/mol. The average Bonchev–Trinajstić information content (AvgIpc) is 2.54. The van der Waals surface area contributed by atoms with E-state index in [0.717, 1.165) is 25.7 Å². The highest BCUT2D eigenvalue weighted by Crippen LogP contribution is 2.36. The number of carboxylic acid groups (broad SMARTS) is 1. The second kappa shape index (κ2) is 3.25. The molecule has 0 bridgehead atoms. The fraction of sp³-hybridized carbons (Fsp3) is 0.778. The van der Waals surface area contributed by atoms with Crippen molar-refractivity contribution in [1.29, 1.82) is 0 Å². The number of aliphatic carboxylic acids is 1. The van der Waals surface area contributed by atoms with Crippen LogP contribution < -0.4 is 0 Å². The van der Waals surface area contributed by atoms with Gasteiger partial charge in [-0.05, 0) is 32.4 Å². The number of nitrogens with zero attached hydrogens (tertiary/aromatic N) is 1. The first kappa shape index (κ1) is 9.23. The molecule has 1 aliphatic rings. The Kier molecular flexibility index (Phi) is 2.50. The van der Waals surface area contributed by atoms with Crippen LogP contribution in [0, 0.1) is 5.92 Å². The van der Waals surface area contributed by atoms with Crippen LogP contribution in [0.1, 0.15) is 32.6 Å². The maximum Gasteiger partial charge on any atom is 0.331 e. The van der Waals surface area contributed by atoms with E-state index in [9.17, 15) is 4.79 Å². The summed E-state index contributed by atoms with van der Waals surface area (Å²) in [5, 5.41) is 8.96. The van der Waals surface area contributed by atoms with E-state index in [1.807, 2.05) is 0 Å². The zero-order valence-corrected chi connectivity index (χ0v) is 7.42. The Morgan fingerprint density at radius 3 is 2.42 bits per heavy atom. The number of hydrogen-bond acceptors (Lipinski definition) is 2. The molecule has 0 spiro atoms. The van der Waals surface area contributed by atoms with E-state index in [1.165, 1.54) is 0 Å². The fourth-order valence-electron chi connectivity index (χ4n) is 1.86. The zero-order valence-electron chi connectivity index (χ0n) is 7.42. The van der Waals surface area contributed by atoms with Crippen molar-refractivity contribution in [3.63, 3.8) is 0 Å². The third-order valence-corrected chi connectivity index (χ3v) is 2.91. The Morgan fingerprint density at radius 1 is 1.58 bits per heavy atom. The second-order valence-corrected chi connectivity index (χ2v) is 3.59. The molecule has 0 amide bonds. The number of hydrogen-bond donors (Lipinski definition) is 1. The molecule has 1 N–H and O–H groups in total. The summed E-state index contributed by atoms with van der Waals surface area (Å²) in [6, 6.07) is 0. The van der Waals surface area contributed by atoms with Crippen molar-refractivity contribution in [3.8, 4) is 0 Å². The van der Waals surface area contributed by atoms with Crippen LogP contribution in [0.15, 0.2) is 4.99 Å². The molecular weight excluding hydrogens is 154 g/mol. The molecule has 0 aromatic heterocycles. The van der Waals surface area contributed by atoms with Crippen LogP contribution in [-0.4, -0.2) is 23.3 Å². The molecule has 1 aliphatic carbocycles. The first-order valence-electron chi connectivity index (χ1n) is 4.32. The lowest BCUT2D eigenvalue weighted by atomic mass is 9.85. The standard InChI is InChI=1S/C9H15NO2/c1-9(10-2,8(11)12)7-5-3-4-6-7/h7H,2-6H2,1H3,(H,11,12)/t9-/m1/s1. The van der Waals surface area contributed by atoms with Gasteiger partial charge in [0.25, 0.3) is 0 Å². The van der Waals surface area contributed by atoms with Crippen LogP contribution >= 0.6 is 0 Å². The quantitative estimate of drug-likeness (QED) is 0.654. The lowest BCUT2D eigenvalue weighted by Crippen LogP contribution is -2.39. The van der Waals surface area contributed by atoms with Gasteiger partial charge in [-0.2, -0.15) is 0 Å². The molecule has 12 heavy (non-hydrogen) atoms. The van der Waals surface area contributed by atoms with E-state index in [-0.39, 0.29) is 5.92 Å². The van der Waals surface area contributed by atoms with Gasteiger partial charge in [0, 0.05) is 0 Å². The van der Waals surface area contributed by atoms with Gasteiger partial charge in [0.1, 0.15) is 0 Å². The molecule has 0 unspecified atom stereocenters. The van der Waals surface area contributed by atoms with Crippen LogP contribution in [0.25, 0.3) is 0 Å². The third-order valence-electron chi connectivity index (χ3n) is 2.91. The largest absolute Gasteiger partial charge is 0.479 e. The smallest absolute Gasteiger partial charge is 0.331 e. The fourth-order valence-corrected chi connectivity index (χ4v) is 1.86. The highest BCUT2D eigenvalue weighted by atomic mass is 16.4. The van der Waals surface area contributed by atoms with Crippen LogP contribution in [0.2, 0.25) is 0 Å². The van der Waals surface area contributed by atoms with E-state index >= 15 is 0 Å². The predicted octanol–water partition coefficient (Wildman–Crippen LogP) is 1.72. The molecule has 1 atom stereocenters. The van der Waals surface area contributed by atoms with Gasteiger partial charge in [-0.25, -0.2) is 4.79 Å². The molecule has 0 aromatic rings. The summed E-state index contributed by atoms with van der Waals surface area (Å²) in [6.45, 7) is 5.03. The highest BCUT2D eigenvalue weighted by Gasteiger charge is 2.41. The first-order valence-corrected chi connectivity index (χ1v) is 4.32. The topological polar surface area (TPSA) is 49.7 Å². The van der Waals surface area contributed by atoms with Crippen molar-refractivity contribution in [3.05, 3.63) is 0 Å². The molecule has 0 radical (unpaired) electrons. The third kappa shape index (κ3) is 1.36. The van der Waals surface area contributed by atoms with Crippen LogP contribution in [0.4, 0.5) is 0 Å². The average molecular weight is 169 g/mol. The summed E-state index contributed by atoms with van der Waals surface area (Å²) in [5.41, 5.74) is -0.948. The molecular formula is C9H15NO2. The molecule has 1 saturated carbocycles. The van der Waals surface area contributed by atoms with Crippen molar-refractivity contribution in [1.82, 2.24) is 0 Å². The lowest BCUT2D eigenvalue weighted by molar-refractivity contribution is -0.144. The Labute approximate surface area is 72.5 Å². The number of aliphatic imine (C=N–C) groups is 1. The minimum atomic E-state index is -0.948. The van der Waals surface area contributed by atoms with Crippen molar-refractivity contribution >= 4 is 12.7 Å². The molecule has 68 valence electrons. The van der Waals surface area contributed by atoms with Crippen molar-refractivity contribution < 1.29 is 9.90 Å². The van der Waals surface area contributed by atoms with E-state index in [0.29, 0.717) is 0 Å². The summed E-state index contributed by atoms with van der Waals surface area (Å²) in [6.07, 6.45) is 4.20. The second-order valence-electron chi connectivity index (χ2n) is 3.59. The van der Waals surface area contributed by atoms with E-state index in [2.05, 4.69) is 11.7 Å². The number of carboxylic acids is 1. The zero-order chi connectivity index (χ0) is 9.19. The molecule has 0 saturated heterocycles. The molecule has 1 fully saturated rings. The maximum atomic E-state index is 10.9. The van der Waals surface area contributed by atoms with Gasteiger partial charge < -0.3 is 5.11 Å². The van der Waals surface area contributed by atoms with Gasteiger partial charge in [-0.1, -0.05) is 12.8 Å². The summed E-state index contributed by atoms with van der Waals surface area (Å²) in [7, 11) is 0. The summed E-state index contributed by atoms with van der Waals surface area (Å²) >= 11 is 0. The Bertz CT molecular complexity index is 197. The van der Waals surface area contributed by atoms with Gasteiger partial charge in [-0.3, -0.25) is 4.99 Å². The molecule has 3 nitrogen and oxygen atoms in total. The SMILES string of the molecule is C=N[C@@](C)(C(=O)O)C1CCCC1. The first-order chi connectivity index (χ1) is 5.61. The normalized spacial score (nSPS) is 23.4. The van der Waals surface area contributed by atoms with Gasteiger partial charge in [-0.15, -0.1) is 0 Å². The van der Waals surface area contributed by atoms with E-state index in [4.69, 9.17) is 5.11 Å².